The number of hydrogen-bond donors (Lipinski definition) is 1. The average Bonchev–Trinajstić information content (AvgIpc) is 2.47. The highest BCUT2D eigenvalue weighted by Gasteiger charge is 2.05. The van der Waals surface area contributed by atoms with Crippen molar-refractivity contribution >= 4 is 21.9 Å². The molecule has 21 heavy (non-hydrogen) atoms. The number of benzene rings is 2. The van der Waals surface area contributed by atoms with Crippen molar-refractivity contribution in [3.05, 3.63) is 58.3 Å². The van der Waals surface area contributed by atoms with Crippen molar-refractivity contribution in [2.45, 2.75) is 0 Å². The lowest BCUT2D eigenvalue weighted by atomic mass is 10.2. The van der Waals surface area contributed by atoms with Crippen molar-refractivity contribution in [3.63, 3.8) is 0 Å². The van der Waals surface area contributed by atoms with Crippen LogP contribution in [0.15, 0.2) is 46.9 Å². The van der Waals surface area contributed by atoms with E-state index in [1.54, 1.807) is 18.2 Å². The van der Waals surface area contributed by atoms with E-state index in [0.717, 1.165) is 0 Å². The number of ether oxygens (including phenoxy) is 2. The first-order valence-electron chi connectivity index (χ1n) is 6.10. The van der Waals surface area contributed by atoms with Gasteiger partial charge in [-0.15, -0.1) is 0 Å². The molecule has 0 aliphatic heterocycles. The second-order valence-electron chi connectivity index (χ2n) is 4.10. The van der Waals surface area contributed by atoms with Crippen molar-refractivity contribution < 1.29 is 23.8 Å². The van der Waals surface area contributed by atoms with E-state index in [1.807, 2.05) is 0 Å². The third kappa shape index (κ3) is 4.46. The van der Waals surface area contributed by atoms with Crippen molar-refractivity contribution in [3.8, 4) is 11.5 Å². The van der Waals surface area contributed by atoms with Crippen LogP contribution in [0.4, 0.5) is 4.39 Å². The van der Waals surface area contributed by atoms with Crippen LogP contribution in [0.25, 0.3) is 0 Å². The summed E-state index contributed by atoms with van der Waals surface area (Å²) in [6.07, 6.45) is 0. The van der Waals surface area contributed by atoms with E-state index >= 15 is 0 Å². The molecule has 0 bridgehead atoms. The minimum absolute atomic E-state index is 0.154. The number of hydrogen-bond acceptors (Lipinski definition) is 3. The zero-order valence-corrected chi connectivity index (χ0v) is 12.5. The van der Waals surface area contributed by atoms with Gasteiger partial charge in [0.1, 0.15) is 30.5 Å². The van der Waals surface area contributed by atoms with Crippen LogP contribution in [0.3, 0.4) is 0 Å². The van der Waals surface area contributed by atoms with Crippen molar-refractivity contribution in [2.24, 2.45) is 0 Å². The predicted molar refractivity (Wildman–Crippen MR) is 78.5 cm³/mol. The lowest BCUT2D eigenvalue weighted by Crippen LogP contribution is -2.09. The smallest absolute Gasteiger partial charge is 0.335 e. The molecule has 0 atom stereocenters. The van der Waals surface area contributed by atoms with Gasteiger partial charge in [-0.25, -0.2) is 9.18 Å². The van der Waals surface area contributed by atoms with Gasteiger partial charge in [0.2, 0.25) is 0 Å². The molecule has 2 rings (SSSR count). The van der Waals surface area contributed by atoms with E-state index in [2.05, 4.69) is 15.9 Å². The molecule has 0 aromatic heterocycles. The Labute approximate surface area is 129 Å². The summed E-state index contributed by atoms with van der Waals surface area (Å²) in [5.41, 5.74) is 0.154. The Bertz CT molecular complexity index is 645. The van der Waals surface area contributed by atoms with E-state index in [-0.39, 0.29) is 24.6 Å². The van der Waals surface area contributed by atoms with Gasteiger partial charge in [-0.3, -0.25) is 0 Å². The maximum Gasteiger partial charge on any atom is 0.335 e. The van der Waals surface area contributed by atoms with Crippen LogP contribution in [-0.2, 0) is 0 Å². The molecule has 1 N–H and O–H groups in total. The zero-order chi connectivity index (χ0) is 15.2. The first-order chi connectivity index (χ1) is 10.1. The highest BCUT2D eigenvalue weighted by atomic mass is 79.9. The van der Waals surface area contributed by atoms with Gasteiger partial charge in [0.25, 0.3) is 0 Å². The first kappa shape index (κ1) is 15.3. The highest BCUT2D eigenvalue weighted by Crippen LogP contribution is 2.25. The number of aromatic carboxylic acids is 1. The molecule has 0 heterocycles. The second-order valence-corrected chi connectivity index (χ2v) is 4.96. The fourth-order valence-corrected chi connectivity index (χ4v) is 1.98. The summed E-state index contributed by atoms with van der Waals surface area (Å²) in [5.74, 6) is -0.571. The van der Waals surface area contributed by atoms with Crippen LogP contribution in [0, 0.1) is 5.82 Å². The molecular formula is C15H12BrFO4. The molecule has 0 aliphatic carbocycles. The molecule has 6 heteroatoms. The molecule has 0 aliphatic rings. The van der Waals surface area contributed by atoms with E-state index < -0.39 is 5.97 Å². The topological polar surface area (TPSA) is 55.8 Å². The van der Waals surface area contributed by atoms with E-state index in [9.17, 15) is 9.18 Å². The Balaban J connectivity index is 1.86. The van der Waals surface area contributed by atoms with Crippen LogP contribution < -0.4 is 9.47 Å². The van der Waals surface area contributed by atoms with Crippen LogP contribution in [0.2, 0.25) is 0 Å². The minimum atomic E-state index is -1.01. The van der Waals surface area contributed by atoms with Crippen molar-refractivity contribution in [1.29, 1.82) is 0 Å². The van der Waals surface area contributed by atoms with Gasteiger partial charge >= 0.3 is 5.97 Å². The molecule has 2 aromatic carbocycles. The number of halogens is 2. The largest absolute Gasteiger partial charge is 0.490 e. The van der Waals surface area contributed by atoms with Crippen LogP contribution >= 0.6 is 15.9 Å². The Hall–Kier alpha value is -2.08. The van der Waals surface area contributed by atoms with Gasteiger partial charge < -0.3 is 14.6 Å². The van der Waals surface area contributed by atoms with Crippen LogP contribution in [0.1, 0.15) is 10.4 Å². The molecule has 0 saturated carbocycles. The molecule has 0 fully saturated rings. The summed E-state index contributed by atoms with van der Waals surface area (Å²) in [6.45, 7) is 0.422. The van der Waals surface area contributed by atoms with Crippen molar-refractivity contribution in [2.75, 3.05) is 13.2 Å². The lowest BCUT2D eigenvalue weighted by molar-refractivity contribution is 0.0696. The predicted octanol–water partition coefficient (Wildman–Crippen LogP) is 3.74. The fraction of sp³-hybridized carbons (Fsp3) is 0.133. The Morgan fingerprint density at radius 3 is 2.67 bits per heavy atom. The van der Waals surface area contributed by atoms with Gasteiger partial charge in [-0.1, -0.05) is 6.07 Å². The summed E-state index contributed by atoms with van der Waals surface area (Å²) in [5, 5.41) is 8.87. The summed E-state index contributed by atoms with van der Waals surface area (Å²) >= 11 is 3.26. The second kappa shape index (κ2) is 7.08. The number of carbonyl (C=O) groups is 1. The maximum atomic E-state index is 13.1. The Morgan fingerprint density at radius 2 is 1.90 bits per heavy atom. The fourth-order valence-electron chi connectivity index (χ4n) is 1.62. The SMILES string of the molecule is O=C(O)c1cccc(OCCOc2cc(F)ccc2Br)c1. The summed E-state index contributed by atoms with van der Waals surface area (Å²) in [4.78, 5) is 10.8. The van der Waals surface area contributed by atoms with E-state index in [0.29, 0.717) is 16.0 Å². The van der Waals surface area contributed by atoms with Crippen LogP contribution in [0.5, 0.6) is 11.5 Å². The number of carboxylic acids is 1. The first-order valence-corrected chi connectivity index (χ1v) is 6.89. The average molecular weight is 355 g/mol. The van der Waals surface area contributed by atoms with Crippen molar-refractivity contribution in [1.82, 2.24) is 0 Å². The van der Waals surface area contributed by atoms with Gasteiger partial charge in [0, 0.05) is 6.07 Å². The number of rotatable bonds is 6. The summed E-state index contributed by atoms with van der Waals surface area (Å²) in [7, 11) is 0. The highest BCUT2D eigenvalue weighted by molar-refractivity contribution is 9.10. The Morgan fingerprint density at radius 1 is 1.14 bits per heavy atom. The summed E-state index contributed by atoms with van der Waals surface area (Å²) in [6, 6.07) is 10.3. The molecule has 0 saturated heterocycles. The molecule has 110 valence electrons. The monoisotopic (exact) mass is 354 g/mol. The lowest BCUT2D eigenvalue weighted by Gasteiger charge is -2.10. The molecule has 0 unspecified atom stereocenters. The molecule has 0 radical (unpaired) electrons. The normalized spacial score (nSPS) is 10.2. The van der Waals surface area contributed by atoms with E-state index in [4.69, 9.17) is 14.6 Å². The quantitative estimate of drug-likeness (QED) is 0.802. The third-order valence-electron chi connectivity index (χ3n) is 2.58. The summed E-state index contributed by atoms with van der Waals surface area (Å²) < 4.78 is 24.5. The van der Waals surface area contributed by atoms with Gasteiger partial charge in [0.05, 0.1) is 10.0 Å². The van der Waals surface area contributed by atoms with Gasteiger partial charge in [0.15, 0.2) is 0 Å². The maximum absolute atomic E-state index is 13.1. The minimum Gasteiger partial charge on any atom is -0.490 e. The van der Waals surface area contributed by atoms with Crippen LogP contribution in [-0.4, -0.2) is 24.3 Å². The molecule has 4 nitrogen and oxygen atoms in total. The number of carboxylic acid groups (broad SMARTS) is 1. The molecule has 0 amide bonds. The molecule has 0 spiro atoms. The van der Waals surface area contributed by atoms with E-state index in [1.165, 1.54) is 24.3 Å². The van der Waals surface area contributed by atoms with Gasteiger partial charge in [-0.05, 0) is 46.3 Å². The Kier molecular flexibility index (Phi) is 5.16. The zero-order valence-electron chi connectivity index (χ0n) is 10.9. The molecule has 2 aromatic rings. The van der Waals surface area contributed by atoms with Gasteiger partial charge in [-0.2, -0.15) is 0 Å². The standard InChI is InChI=1S/C15H12BrFO4/c16-13-5-4-11(17)9-14(13)21-7-6-20-12-3-1-2-10(8-12)15(18)19/h1-5,8-9H,6-7H2,(H,18,19). The third-order valence-corrected chi connectivity index (χ3v) is 3.24. The molecular weight excluding hydrogens is 343 g/mol.